The van der Waals surface area contributed by atoms with Crippen molar-refractivity contribution in [3.63, 3.8) is 0 Å². The minimum atomic E-state index is -0.0902. The minimum absolute atomic E-state index is 0.0357. The molecular weight excluding hydrogens is 250 g/mol. The molecular formula is C12H13N3O2S. The highest BCUT2D eigenvalue weighted by atomic mass is 32.2. The van der Waals surface area contributed by atoms with Crippen LogP contribution in [0.1, 0.15) is 12.8 Å². The molecule has 1 N–H and O–H groups in total. The Morgan fingerprint density at radius 3 is 3.17 bits per heavy atom. The van der Waals surface area contributed by atoms with Crippen LogP contribution in [0.2, 0.25) is 0 Å². The lowest BCUT2D eigenvalue weighted by molar-refractivity contribution is -0.123. The van der Waals surface area contributed by atoms with Crippen LogP contribution in [0.3, 0.4) is 0 Å². The van der Waals surface area contributed by atoms with Gasteiger partial charge in [0.25, 0.3) is 0 Å². The zero-order chi connectivity index (χ0) is 12.5. The molecule has 0 atom stereocenters. The number of pyridine rings is 1. The molecule has 0 unspecified atom stereocenters. The third kappa shape index (κ3) is 2.33. The van der Waals surface area contributed by atoms with Crippen molar-refractivity contribution < 1.29 is 9.59 Å². The number of rotatable bonds is 3. The van der Waals surface area contributed by atoms with E-state index in [0.717, 1.165) is 23.6 Å². The van der Waals surface area contributed by atoms with Crippen molar-refractivity contribution in [2.24, 2.45) is 0 Å². The summed E-state index contributed by atoms with van der Waals surface area (Å²) >= 11 is 1.42. The summed E-state index contributed by atoms with van der Waals surface area (Å²) in [4.78, 5) is 29.4. The van der Waals surface area contributed by atoms with Gasteiger partial charge in [-0.3, -0.25) is 14.5 Å². The second-order valence-electron chi connectivity index (χ2n) is 4.44. The van der Waals surface area contributed by atoms with Gasteiger partial charge in [-0.1, -0.05) is 11.8 Å². The molecule has 1 saturated carbocycles. The Balaban J connectivity index is 1.77. The number of carbonyl (C=O) groups is 2. The maximum Gasteiger partial charge on any atom is 0.240 e. The van der Waals surface area contributed by atoms with Gasteiger partial charge >= 0.3 is 0 Å². The molecule has 2 aliphatic rings. The fourth-order valence-electron chi connectivity index (χ4n) is 1.86. The number of aromatic nitrogens is 1. The van der Waals surface area contributed by atoms with E-state index in [1.807, 2.05) is 6.07 Å². The smallest absolute Gasteiger partial charge is 0.240 e. The van der Waals surface area contributed by atoms with Crippen LogP contribution in [0.4, 0.5) is 5.69 Å². The van der Waals surface area contributed by atoms with Gasteiger partial charge in [-0.05, 0) is 25.0 Å². The second-order valence-corrected chi connectivity index (χ2v) is 5.40. The molecule has 1 aromatic rings. The molecule has 1 aromatic heterocycles. The topological polar surface area (TPSA) is 62.3 Å². The molecule has 0 saturated heterocycles. The fraction of sp³-hybridized carbons (Fsp3) is 0.417. The van der Waals surface area contributed by atoms with Crippen LogP contribution < -0.4 is 10.2 Å². The number of fused-ring (bicyclic) bond motifs is 1. The molecule has 94 valence electrons. The summed E-state index contributed by atoms with van der Waals surface area (Å²) in [5.41, 5.74) is 0.740. The maximum absolute atomic E-state index is 11.9. The van der Waals surface area contributed by atoms with Crippen molar-refractivity contribution in [3.05, 3.63) is 18.3 Å². The monoisotopic (exact) mass is 263 g/mol. The van der Waals surface area contributed by atoms with E-state index in [1.165, 1.54) is 16.7 Å². The zero-order valence-electron chi connectivity index (χ0n) is 9.76. The lowest BCUT2D eigenvalue weighted by Gasteiger charge is -2.27. The molecule has 1 fully saturated rings. The van der Waals surface area contributed by atoms with Gasteiger partial charge in [0.15, 0.2) is 0 Å². The Labute approximate surface area is 109 Å². The van der Waals surface area contributed by atoms with Crippen molar-refractivity contribution in [2.45, 2.75) is 23.9 Å². The molecule has 2 amide bonds. The first-order valence-electron chi connectivity index (χ1n) is 5.91. The Hall–Kier alpha value is -1.56. The van der Waals surface area contributed by atoms with Crippen molar-refractivity contribution in [1.29, 1.82) is 0 Å². The van der Waals surface area contributed by atoms with Crippen LogP contribution >= 0.6 is 11.8 Å². The Morgan fingerprint density at radius 1 is 1.56 bits per heavy atom. The van der Waals surface area contributed by atoms with E-state index in [9.17, 15) is 9.59 Å². The van der Waals surface area contributed by atoms with Crippen LogP contribution in [0.15, 0.2) is 23.4 Å². The summed E-state index contributed by atoms with van der Waals surface area (Å²) < 4.78 is 0. The number of anilines is 1. The summed E-state index contributed by atoms with van der Waals surface area (Å²) in [5.74, 6) is 0.222. The van der Waals surface area contributed by atoms with Gasteiger partial charge in [0.1, 0.15) is 11.6 Å². The molecule has 6 heteroatoms. The average Bonchev–Trinajstić information content (AvgIpc) is 3.17. The van der Waals surface area contributed by atoms with Gasteiger partial charge in [-0.25, -0.2) is 4.98 Å². The molecule has 5 nitrogen and oxygen atoms in total. The lowest BCUT2D eigenvalue weighted by atomic mass is 10.3. The first kappa shape index (κ1) is 11.5. The van der Waals surface area contributed by atoms with Crippen LogP contribution in [0.5, 0.6) is 0 Å². The van der Waals surface area contributed by atoms with Crippen molar-refractivity contribution in [3.8, 4) is 0 Å². The normalized spacial score (nSPS) is 18.4. The predicted molar refractivity (Wildman–Crippen MR) is 68.5 cm³/mol. The van der Waals surface area contributed by atoms with Crippen LogP contribution in [-0.4, -0.2) is 35.1 Å². The van der Waals surface area contributed by atoms with Gasteiger partial charge in [-0.2, -0.15) is 0 Å². The highest BCUT2D eigenvalue weighted by Gasteiger charge is 2.29. The van der Waals surface area contributed by atoms with Crippen molar-refractivity contribution in [2.75, 3.05) is 17.2 Å². The van der Waals surface area contributed by atoms with E-state index in [4.69, 9.17) is 0 Å². The van der Waals surface area contributed by atoms with Gasteiger partial charge < -0.3 is 5.32 Å². The molecule has 0 spiro atoms. The number of hydrogen-bond acceptors (Lipinski definition) is 4. The van der Waals surface area contributed by atoms with E-state index in [-0.39, 0.29) is 18.4 Å². The third-order valence-corrected chi connectivity index (χ3v) is 3.90. The Kier molecular flexibility index (Phi) is 2.95. The molecule has 0 aromatic carbocycles. The fourth-order valence-corrected chi connectivity index (χ4v) is 2.74. The predicted octanol–water partition coefficient (Wildman–Crippen LogP) is 0.799. The molecule has 3 rings (SSSR count). The van der Waals surface area contributed by atoms with E-state index in [0.29, 0.717) is 11.8 Å². The van der Waals surface area contributed by atoms with Crippen LogP contribution in [-0.2, 0) is 9.59 Å². The van der Waals surface area contributed by atoms with E-state index in [2.05, 4.69) is 10.3 Å². The average molecular weight is 263 g/mol. The Morgan fingerprint density at radius 2 is 2.39 bits per heavy atom. The molecule has 1 aliphatic carbocycles. The molecule has 0 bridgehead atoms. The highest BCUT2D eigenvalue weighted by Crippen LogP contribution is 2.32. The summed E-state index contributed by atoms with van der Waals surface area (Å²) in [7, 11) is 0. The third-order valence-electron chi connectivity index (χ3n) is 2.92. The molecule has 18 heavy (non-hydrogen) atoms. The Bertz CT molecular complexity index is 502. The van der Waals surface area contributed by atoms with Crippen molar-refractivity contribution in [1.82, 2.24) is 10.3 Å². The number of hydrogen-bond donors (Lipinski definition) is 1. The maximum atomic E-state index is 11.9. The lowest BCUT2D eigenvalue weighted by Crippen LogP contribution is -2.43. The summed E-state index contributed by atoms with van der Waals surface area (Å²) in [5, 5.41) is 3.71. The first-order chi connectivity index (χ1) is 8.74. The number of thioether (sulfide) groups is 1. The quantitative estimate of drug-likeness (QED) is 0.876. The SMILES string of the molecule is O=C(CN1C(=O)CSc2ncccc21)NC1CC1. The molecule has 0 radical (unpaired) electrons. The molecule has 2 heterocycles. The summed E-state index contributed by atoms with van der Waals surface area (Å²) in [6.45, 7) is 0.0919. The van der Waals surface area contributed by atoms with Gasteiger partial charge in [-0.15, -0.1) is 0 Å². The van der Waals surface area contributed by atoms with Gasteiger partial charge in [0.2, 0.25) is 11.8 Å². The number of amides is 2. The zero-order valence-corrected chi connectivity index (χ0v) is 10.6. The van der Waals surface area contributed by atoms with Gasteiger partial charge in [0.05, 0.1) is 11.4 Å². The van der Waals surface area contributed by atoms with Crippen LogP contribution in [0, 0.1) is 0 Å². The summed E-state index contributed by atoms with van der Waals surface area (Å²) in [6, 6.07) is 3.93. The van der Waals surface area contributed by atoms with Crippen molar-refractivity contribution >= 4 is 29.3 Å². The van der Waals surface area contributed by atoms with E-state index < -0.39 is 0 Å². The first-order valence-corrected chi connectivity index (χ1v) is 6.90. The largest absolute Gasteiger partial charge is 0.352 e. The number of nitrogens with zero attached hydrogens (tertiary/aromatic N) is 2. The van der Waals surface area contributed by atoms with Gasteiger partial charge in [0, 0.05) is 12.2 Å². The van der Waals surface area contributed by atoms with Crippen LogP contribution in [0.25, 0.3) is 0 Å². The molecule has 1 aliphatic heterocycles. The van der Waals surface area contributed by atoms with E-state index in [1.54, 1.807) is 12.3 Å². The minimum Gasteiger partial charge on any atom is -0.352 e. The standard InChI is InChI=1S/C12H13N3O2S/c16-10(14-8-3-4-8)6-15-9-2-1-5-13-12(9)18-7-11(15)17/h1-2,5,8H,3-4,6-7H2,(H,14,16). The second kappa shape index (κ2) is 4.61. The number of nitrogens with one attached hydrogen (secondary N) is 1. The van der Waals surface area contributed by atoms with E-state index >= 15 is 0 Å². The highest BCUT2D eigenvalue weighted by molar-refractivity contribution is 8.00. The number of carbonyl (C=O) groups excluding carboxylic acids is 2. The summed E-state index contributed by atoms with van der Waals surface area (Å²) in [6.07, 6.45) is 3.80.